The lowest BCUT2D eigenvalue weighted by Crippen LogP contribution is -2.46. The Labute approximate surface area is 301 Å². The molecule has 7 rings (SSSR count). The number of hydrogen-bond donors (Lipinski definition) is 4. The highest BCUT2D eigenvalue weighted by atomic mass is 35.5. The van der Waals surface area contributed by atoms with Crippen molar-refractivity contribution in [3.63, 3.8) is 0 Å². The Bertz CT molecular complexity index is 2140. The van der Waals surface area contributed by atoms with Gasteiger partial charge in [-0.25, -0.2) is 0 Å². The molecule has 5 aromatic rings. The SMILES string of the molecule is C[C@@H](/C=C/CC(=O)N1Cc2ccccc2C[C@H]1CO)[C@]1(O)C(=O)N(Cc2ccc(NC(=O)Cc3c[nH]c4ccccc34)cc2)c2ccc(Cl)cc21. The number of carbonyl (C=O) groups is 3. The van der Waals surface area contributed by atoms with Crippen molar-refractivity contribution < 1.29 is 24.6 Å². The van der Waals surface area contributed by atoms with Crippen molar-refractivity contribution in [1.29, 1.82) is 0 Å². The number of aromatic amines is 1. The predicted molar refractivity (Wildman–Crippen MR) is 198 cm³/mol. The van der Waals surface area contributed by atoms with Crippen molar-refractivity contribution in [3.05, 3.63) is 142 Å². The van der Waals surface area contributed by atoms with Crippen molar-refractivity contribution in [1.82, 2.24) is 9.88 Å². The van der Waals surface area contributed by atoms with E-state index < -0.39 is 17.4 Å². The van der Waals surface area contributed by atoms with Crippen molar-refractivity contribution in [2.24, 2.45) is 5.92 Å². The van der Waals surface area contributed by atoms with E-state index in [0.717, 1.165) is 33.2 Å². The fraction of sp³-hybridized carbons (Fsp3) is 0.244. The van der Waals surface area contributed by atoms with Crippen molar-refractivity contribution in [2.75, 3.05) is 16.8 Å². The van der Waals surface area contributed by atoms with Gasteiger partial charge in [-0.2, -0.15) is 0 Å². The number of halogens is 1. The lowest BCUT2D eigenvalue weighted by molar-refractivity contribution is -0.139. The quantitative estimate of drug-likeness (QED) is 0.128. The average Bonchev–Trinajstić information content (AvgIpc) is 3.64. The van der Waals surface area contributed by atoms with Crippen LogP contribution in [0.4, 0.5) is 11.4 Å². The first-order valence-electron chi connectivity index (χ1n) is 17.1. The van der Waals surface area contributed by atoms with Crippen LogP contribution in [-0.4, -0.2) is 50.5 Å². The number of H-pyrrole nitrogens is 1. The maximum absolute atomic E-state index is 14.1. The van der Waals surface area contributed by atoms with Gasteiger partial charge in [-0.1, -0.05) is 85.3 Å². The van der Waals surface area contributed by atoms with E-state index in [-0.39, 0.29) is 43.8 Å². The number of aromatic nitrogens is 1. The zero-order valence-electron chi connectivity index (χ0n) is 28.2. The number of hydrogen-bond acceptors (Lipinski definition) is 5. The van der Waals surface area contributed by atoms with E-state index >= 15 is 0 Å². The van der Waals surface area contributed by atoms with Gasteiger partial charge in [0.2, 0.25) is 11.8 Å². The van der Waals surface area contributed by atoms with Crippen LogP contribution in [0.15, 0.2) is 109 Å². The minimum absolute atomic E-state index is 0.0596. The molecule has 2 aliphatic rings. The van der Waals surface area contributed by atoms with Crippen LogP contribution in [0.1, 0.15) is 41.2 Å². The first-order chi connectivity index (χ1) is 24.6. The van der Waals surface area contributed by atoms with E-state index in [9.17, 15) is 24.6 Å². The Balaban J connectivity index is 1.02. The summed E-state index contributed by atoms with van der Waals surface area (Å²) in [5.41, 5.74) is 4.57. The number of nitrogens with one attached hydrogen (secondary N) is 2. The van der Waals surface area contributed by atoms with Crippen LogP contribution in [0.5, 0.6) is 0 Å². The van der Waals surface area contributed by atoms with Gasteiger partial charge in [-0.15, -0.1) is 0 Å². The van der Waals surface area contributed by atoms with Gasteiger partial charge in [-0.05, 0) is 65.1 Å². The van der Waals surface area contributed by atoms with Gasteiger partial charge < -0.3 is 30.3 Å². The summed E-state index contributed by atoms with van der Waals surface area (Å²) in [6, 6.07) is 27.8. The summed E-state index contributed by atoms with van der Waals surface area (Å²) < 4.78 is 0. The Morgan fingerprint density at radius 2 is 1.78 bits per heavy atom. The highest BCUT2D eigenvalue weighted by Gasteiger charge is 2.52. The Morgan fingerprint density at radius 3 is 2.57 bits per heavy atom. The lowest BCUT2D eigenvalue weighted by Gasteiger charge is -2.36. The largest absolute Gasteiger partial charge is 0.394 e. The van der Waals surface area contributed by atoms with E-state index in [4.69, 9.17) is 11.6 Å². The number of aliphatic hydroxyl groups excluding tert-OH is 1. The molecule has 0 spiro atoms. The molecule has 0 aliphatic carbocycles. The van der Waals surface area contributed by atoms with Gasteiger partial charge in [-0.3, -0.25) is 14.4 Å². The molecule has 51 heavy (non-hydrogen) atoms. The van der Waals surface area contributed by atoms with Crippen LogP contribution in [0.3, 0.4) is 0 Å². The molecule has 3 atom stereocenters. The molecule has 0 unspecified atom stereocenters. The number of benzene rings is 4. The van der Waals surface area contributed by atoms with Crippen LogP contribution in [0.2, 0.25) is 5.02 Å². The number of carbonyl (C=O) groups excluding carboxylic acids is 3. The molecule has 0 bridgehead atoms. The van der Waals surface area contributed by atoms with Gasteiger partial charge in [0.25, 0.3) is 5.91 Å². The van der Waals surface area contributed by atoms with Crippen LogP contribution >= 0.6 is 11.6 Å². The van der Waals surface area contributed by atoms with Gasteiger partial charge in [0.1, 0.15) is 0 Å². The third kappa shape index (κ3) is 6.68. The second kappa shape index (κ2) is 14.2. The molecule has 0 fully saturated rings. The lowest BCUT2D eigenvalue weighted by atomic mass is 9.83. The fourth-order valence-corrected chi connectivity index (χ4v) is 7.45. The molecule has 3 amide bonds. The highest BCUT2D eigenvalue weighted by Crippen LogP contribution is 2.46. The van der Waals surface area contributed by atoms with Crippen LogP contribution < -0.4 is 10.2 Å². The number of aliphatic hydroxyl groups is 2. The number of anilines is 2. The molecule has 4 N–H and O–H groups in total. The molecule has 9 nitrogen and oxygen atoms in total. The first-order valence-corrected chi connectivity index (χ1v) is 17.5. The Morgan fingerprint density at radius 1 is 1.04 bits per heavy atom. The zero-order valence-corrected chi connectivity index (χ0v) is 28.9. The Hall–Kier alpha value is -5.22. The van der Waals surface area contributed by atoms with E-state index in [1.54, 1.807) is 59.2 Å². The molecule has 3 heterocycles. The first kappa shape index (κ1) is 34.2. The maximum Gasteiger partial charge on any atom is 0.264 e. The van der Waals surface area contributed by atoms with E-state index in [1.807, 2.05) is 66.9 Å². The van der Waals surface area contributed by atoms with E-state index in [1.165, 1.54) is 0 Å². The summed E-state index contributed by atoms with van der Waals surface area (Å²) in [7, 11) is 0. The van der Waals surface area contributed by atoms with Gasteiger partial charge >= 0.3 is 0 Å². The molecule has 10 heteroatoms. The van der Waals surface area contributed by atoms with Crippen LogP contribution in [0.25, 0.3) is 10.9 Å². The maximum atomic E-state index is 14.1. The number of amides is 3. The molecule has 260 valence electrons. The predicted octanol–water partition coefficient (Wildman–Crippen LogP) is 6.27. The van der Waals surface area contributed by atoms with Crippen molar-refractivity contribution >= 4 is 51.6 Å². The van der Waals surface area contributed by atoms with Crippen molar-refractivity contribution in [3.8, 4) is 0 Å². The van der Waals surface area contributed by atoms with Gasteiger partial charge in [0.15, 0.2) is 5.60 Å². The second-order valence-corrected chi connectivity index (χ2v) is 13.8. The normalized spacial score (nSPS) is 19.0. The average molecular weight is 703 g/mol. The number of para-hydroxylation sites is 1. The molecule has 0 saturated heterocycles. The summed E-state index contributed by atoms with van der Waals surface area (Å²) in [4.78, 5) is 46.7. The minimum Gasteiger partial charge on any atom is -0.394 e. The molecule has 1 aromatic heterocycles. The Kier molecular flexibility index (Phi) is 9.52. The van der Waals surface area contributed by atoms with Crippen LogP contribution in [0, 0.1) is 5.92 Å². The molecular formula is C41H39ClN4O5. The third-order valence-electron chi connectivity index (χ3n) is 10.1. The van der Waals surface area contributed by atoms with Crippen molar-refractivity contribution in [2.45, 2.75) is 50.9 Å². The van der Waals surface area contributed by atoms with E-state index in [2.05, 4.69) is 10.3 Å². The number of rotatable bonds is 10. The number of fused-ring (bicyclic) bond motifs is 3. The summed E-state index contributed by atoms with van der Waals surface area (Å²) in [5.74, 6) is -1.46. The second-order valence-electron chi connectivity index (χ2n) is 13.4. The third-order valence-corrected chi connectivity index (χ3v) is 10.3. The standard InChI is InChI=1S/C41H39ClN4O5/c1-26(7-6-12-39(49)45-24-29-9-3-2-8-28(29)19-33(45)25-47)41(51)35-21-31(42)15-18-37(35)46(40(41)50)23-27-13-16-32(17-14-27)44-38(48)20-30-22-43-36-11-5-4-10-34(30)36/h2-11,13-18,21-22,26,33,43,47,51H,12,19-20,23-25H2,1H3,(H,44,48)/b7-6+/t26-,33-,41+/m0/s1. The smallest absolute Gasteiger partial charge is 0.264 e. The molecular weight excluding hydrogens is 664 g/mol. The topological polar surface area (TPSA) is 126 Å². The fourth-order valence-electron chi connectivity index (χ4n) is 7.28. The zero-order chi connectivity index (χ0) is 35.7. The summed E-state index contributed by atoms with van der Waals surface area (Å²) in [6.45, 7) is 2.22. The summed E-state index contributed by atoms with van der Waals surface area (Å²) >= 11 is 6.37. The highest BCUT2D eigenvalue weighted by molar-refractivity contribution is 6.31. The monoisotopic (exact) mass is 702 g/mol. The number of nitrogens with zero attached hydrogens (tertiary/aromatic N) is 2. The molecule has 2 aliphatic heterocycles. The van der Waals surface area contributed by atoms with E-state index in [0.29, 0.717) is 34.9 Å². The summed E-state index contributed by atoms with van der Waals surface area (Å²) in [5, 5.41) is 26.4. The van der Waals surface area contributed by atoms with Crippen LogP contribution in [-0.2, 0) is 45.9 Å². The van der Waals surface area contributed by atoms with Gasteiger partial charge in [0, 0.05) is 52.3 Å². The summed E-state index contributed by atoms with van der Waals surface area (Å²) in [6.07, 6.45) is 6.11. The minimum atomic E-state index is -1.91. The molecule has 0 saturated carbocycles. The molecule has 4 aromatic carbocycles. The molecule has 0 radical (unpaired) electrons. The van der Waals surface area contributed by atoms with Gasteiger partial charge in [0.05, 0.1) is 31.3 Å².